The van der Waals surface area contributed by atoms with Gasteiger partial charge in [0.1, 0.15) is 11.3 Å². The molecule has 2 N–H and O–H groups in total. The summed E-state index contributed by atoms with van der Waals surface area (Å²) < 4.78 is 5.36. The Labute approximate surface area is 145 Å². The Balaban J connectivity index is 1.92. The van der Waals surface area contributed by atoms with Crippen molar-refractivity contribution in [1.29, 1.82) is 0 Å². The van der Waals surface area contributed by atoms with Crippen molar-refractivity contribution in [2.75, 3.05) is 7.11 Å². The first-order chi connectivity index (χ1) is 12.1. The lowest BCUT2D eigenvalue weighted by atomic mass is 9.96. The molecular formula is C19H20N2O4. The summed E-state index contributed by atoms with van der Waals surface area (Å²) in [6.07, 6.45) is 4.18. The van der Waals surface area contributed by atoms with Crippen LogP contribution in [0.25, 0.3) is 11.3 Å². The zero-order valence-corrected chi connectivity index (χ0v) is 14.0. The van der Waals surface area contributed by atoms with Crippen LogP contribution >= 0.6 is 0 Å². The number of carboxylic acid groups (broad SMARTS) is 1. The zero-order chi connectivity index (χ0) is 17.9. The quantitative estimate of drug-likeness (QED) is 0.874. The van der Waals surface area contributed by atoms with Crippen molar-refractivity contribution in [3.63, 3.8) is 0 Å². The number of hydrogen-bond donors (Lipinski definition) is 2. The fourth-order valence-electron chi connectivity index (χ4n) is 3.23. The first-order valence-corrected chi connectivity index (χ1v) is 8.21. The summed E-state index contributed by atoms with van der Waals surface area (Å²) in [5, 5.41) is 12.3. The number of aliphatic carboxylic acids is 1. The third-order valence-corrected chi connectivity index (χ3v) is 4.62. The van der Waals surface area contributed by atoms with Crippen LogP contribution in [0.5, 0.6) is 5.75 Å². The minimum atomic E-state index is -1.16. The molecule has 1 heterocycles. The van der Waals surface area contributed by atoms with Crippen LogP contribution in [0.3, 0.4) is 0 Å². The molecule has 25 heavy (non-hydrogen) atoms. The standard InChI is InChI=1S/C19H20N2O4/c1-25-16-8-7-13(12-14(16)15-6-2-5-11-20-15)17(22)21-19(18(23)24)9-3-4-10-19/h2,5-8,11-12H,3-4,9-10H2,1H3,(H,21,22)(H,23,24). The number of methoxy groups -OCH3 is 1. The molecule has 1 aliphatic carbocycles. The molecule has 1 amide bonds. The highest BCUT2D eigenvalue weighted by atomic mass is 16.5. The number of hydrogen-bond acceptors (Lipinski definition) is 4. The second kappa shape index (κ2) is 6.93. The van der Waals surface area contributed by atoms with Crippen LogP contribution in [0.15, 0.2) is 42.6 Å². The van der Waals surface area contributed by atoms with Gasteiger partial charge in [0.15, 0.2) is 0 Å². The molecule has 0 unspecified atom stereocenters. The van der Waals surface area contributed by atoms with E-state index in [0.29, 0.717) is 35.4 Å². The molecule has 3 rings (SSSR count). The molecule has 0 radical (unpaired) electrons. The van der Waals surface area contributed by atoms with Gasteiger partial charge in [0.25, 0.3) is 5.91 Å². The predicted molar refractivity (Wildman–Crippen MR) is 92.5 cm³/mol. The van der Waals surface area contributed by atoms with Crippen molar-refractivity contribution in [2.45, 2.75) is 31.2 Å². The number of aromatic nitrogens is 1. The van der Waals surface area contributed by atoms with E-state index in [4.69, 9.17) is 4.74 Å². The largest absolute Gasteiger partial charge is 0.496 e. The van der Waals surface area contributed by atoms with E-state index in [1.165, 1.54) is 0 Å². The maximum Gasteiger partial charge on any atom is 0.329 e. The van der Waals surface area contributed by atoms with Gasteiger partial charge in [0.2, 0.25) is 0 Å². The van der Waals surface area contributed by atoms with Crippen LogP contribution in [0.4, 0.5) is 0 Å². The molecule has 1 aromatic heterocycles. The Bertz CT molecular complexity index is 783. The molecule has 0 bridgehead atoms. The smallest absolute Gasteiger partial charge is 0.329 e. The van der Waals surface area contributed by atoms with Gasteiger partial charge in [-0.1, -0.05) is 18.9 Å². The van der Waals surface area contributed by atoms with Gasteiger partial charge in [-0.25, -0.2) is 4.79 Å². The minimum Gasteiger partial charge on any atom is -0.496 e. The fraction of sp³-hybridized carbons (Fsp3) is 0.316. The SMILES string of the molecule is COc1ccc(C(=O)NC2(C(=O)O)CCCC2)cc1-c1ccccn1. The molecule has 1 saturated carbocycles. The Morgan fingerprint density at radius 1 is 1.20 bits per heavy atom. The molecule has 6 nitrogen and oxygen atoms in total. The molecule has 1 aliphatic rings. The van der Waals surface area contributed by atoms with Gasteiger partial charge >= 0.3 is 5.97 Å². The number of rotatable bonds is 5. The summed E-state index contributed by atoms with van der Waals surface area (Å²) in [5.41, 5.74) is 0.589. The monoisotopic (exact) mass is 340 g/mol. The summed E-state index contributed by atoms with van der Waals surface area (Å²) in [7, 11) is 1.56. The van der Waals surface area contributed by atoms with Crippen molar-refractivity contribution >= 4 is 11.9 Å². The molecule has 0 spiro atoms. The Hall–Kier alpha value is -2.89. The molecule has 130 valence electrons. The van der Waals surface area contributed by atoms with E-state index in [2.05, 4.69) is 10.3 Å². The number of nitrogens with zero attached hydrogens (tertiary/aromatic N) is 1. The summed E-state index contributed by atoms with van der Waals surface area (Å²) in [4.78, 5) is 28.6. The van der Waals surface area contributed by atoms with Crippen LogP contribution < -0.4 is 10.1 Å². The number of nitrogens with one attached hydrogen (secondary N) is 1. The van der Waals surface area contributed by atoms with Crippen molar-refractivity contribution < 1.29 is 19.4 Å². The topological polar surface area (TPSA) is 88.5 Å². The van der Waals surface area contributed by atoms with Gasteiger partial charge in [0, 0.05) is 17.3 Å². The first-order valence-electron chi connectivity index (χ1n) is 8.21. The number of carboxylic acids is 1. The van der Waals surface area contributed by atoms with Gasteiger partial charge in [-0.2, -0.15) is 0 Å². The highest BCUT2D eigenvalue weighted by Gasteiger charge is 2.42. The van der Waals surface area contributed by atoms with E-state index in [-0.39, 0.29) is 0 Å². The van der Waals surface area contributed by atoms with Gasteiger partial charge < -0.3 is 15.2 Å². The van der Waals surface area contributed by atoms with Crippen LogP contribution in [0.2, 0.25) is 0 Å². The molecular weight excluding hydrogens is 320 g/mol. The van der Waals surface area contributed by atoms with Crippen LogP contribution in [-0.2, 0) is 4.79 Å². The Kier molecular flexibility index (Phi) is 4.70. The second-order valence-electron chi connectivity index (χ2n) is 6.18. The number of benzene rings is 1. The third-order valence-electron chi connectivity index (χ3n) is 4.62. The fourth-order valence-corrected chi connectivity index (χ4v) is 3.23. The normalized spacial score (nSPS) is 15.6. The number of amides is 1. The first kappa shape index (κ1) is 17.0. The van der Waals surface area contributed by atoms with Crippen molar-refractivity contribution in [1.82, 2.24) is 10.3 Å². The molecule has 6 heteroatoms. The zero-order valence-electron chi connectivity index (χ0n) is 14.0. The Morgan fingerprint density at radius 2 is 1.96 bits per heavy atom. The van der Waals surface area contributed by atoms with E-state index in [1.54, 1.807) is 31.5 Å². The van der Waals surface area contributed by atoms with Crippen molar-refractivity contribution in [2.24, 2.45) is 0 Å². The number of carbonyl (C=O) groups is 2. The van der Waals surface area contributed by atoms with Gasteiger partial charge in [0.05, 0.1) is 12.8 Å². The lowest BCUT2D eigenvalue weighted by molar-refractivity contribution is -0.144. The van der Waals surface area contributed by atoms with E-state index < -0.39 is 17.4 Å². The van der Waals surface area contributed by atoms with E-state index >= 15 is 0 Å². The number of pyridine rings is 1. The highest BCUT2D eigenvalue weighted by molar-refractivity contribution is 5.99. The Morgan fingerprint density at radius 3 is 2.56 bits per heavy atom. The van der Waals surface area contributed by atoms with Crippen molar-refractivity contribution in [3.05, 3.63) is 48.2 Å². The molecule has 0 atom stereocenters. The van der Waals surface area contributed by atoms with E-state index in [1.807, 2.05) is 18.2 Å². The van der Waals surface area contributed by atoms with Gasteiger partial charge in [-0.05, 0) is 43.2 Å². The highest BCUT2D eigenvalue weighted by Crippen LogP contribution is 2.32. The average Bonchev–Trinajstić information content (AvgIpc) is 3.12. The molecule has 1 fully saturated rings. The molecule has 0 saturated heterocycles. The van der Waals surface area contributed by atoms with E-state index in [9.17, 15) is 14.7 Å². The average molecular weight is 340 g/mol. The summed E-state index contributed by atoms with van der Waals surface area (Å²) in [6.45, 7) is 0. The summed E-state index contributed by atoms with van der Waals surface area (Å²) >= 11 is 0. The van der Waals surface area contributed by atoms with Crippen LogP contribution in [0, 0.1) is 0 Å². The van der Waals surface area contributed by atoms with Gasteiger partial charge in [-0.15, -0.1) is 0 Å². The number of carbonyl (C=O) groups excluding carboxylic acids is 1. The van der Waals surface area contributed by atoms with Gasteiger partial charge in [-0.3, -0.25) is 9.78 Å². The lowest BCUT2D eigenvalue weighted by Gasteiger charge is -2.25. The third kappa shape index (κ3) is 3.33. The van der Waals surface area contributed by atoms with Crippen LogP contribution in [0.1, 0.15) is 36.0 Å². The summed E-state index contributed by atoms with van der Waals surface area (Å²) in [5.74, 6) is -0.773. The molecule has 1 aromatic carbocycles. The summed E-state index contributed by atoms with van der Waals surface area (Å²) in [6, 6.07) is 10.5. The maximum atomic E-state index is 12.7. The lowest BCUT2D eigenvalue weighted by Crippen LogP contribution is -2.52. The van der Waals surface area contributed by atoms with E-state index in [0.717, 1.165) is 12.8 Å². The molecule has 0 aliphatic heterocycles. The predicted octanol–water partition coefficient (Wildman–Crippen LogP) is 2.88. The minimum absolute atomic E-state index is 0.383. The maximum absolute atomic E-state index is 12.7. The second-order valence-corrected chi connectivity index (χ2v) is 6.18. The molecule has 2 aromatic rings. The van der Waals surface area contributed by atoms with Crippen molar-refractivity contribution in [3.8, 4) is 17.0 Å². The van der Waals surface area contributed by atoms with Crippen LogP contribution in [-0.4, -0.2) is 34.6 Å². The number of ether oxygens (including phenoxy) is 1.